The van der Waals surface area contributed by atoms with E-state index in [9.17, 15) is 22.8 Å². The number of alkyl halides is 3. The summed E-state index contributed by atoms with van der Waals surface area (Å²) in [5, 5.41) is 10.1. The van der Waals surface area contributed by atoms with Crippen LogP contribution in [0, 0.1) is 0 Å². The van der Waals surface area contributed by atoms with E-state index in [4.69, 9.17) is 5.73 Å². The van der Waals surface area contributed by atoms with Gasteiger partial charge in [-0.05, 0) is 37.8 Å². The number of nitrogens with two attached hydrogens (primary N) is 1. The van der Waals surface area contributed by atoms with Crippen LogP contribution in [0.2, 0.25) is 0 Å². The van der Waals surface area contributed by atoms with Gasteiger partial charge < -0.3 is 16.4 Å². The smallest absolute Gasteiger partial charge is 0.364 e. The Bertz CT molecular complexity index is 1020. The Balaban J connectivity index is 0.00000324. The first-order valence-electron chi connectivity index (χ1n) is 10.9. The van der Waals surface area contributed by atoms with E-state index in [-0.39, 0.29) is 29.8 Å². The molecule has 4 N–H and O–H groups in total. The molecule has 0 spiro atoms. The van der Waals surface area contributed by atoms with Crippen LogP contribution < -0.4 is 16.4 Å². The third-order valence-electron chi connectivity index (χ3n) is 6.19. The predicted octanol–water partition coefficient (Wildman–Crippen LogP) is 2.46. The molecule has 0 bridgehead atoms. The molecule has 0 atom stereocenters. The maximum Gasteiger partial charge on any atom is 0.433 e. The fraction of sp³-hybridized carbons (Fsp3) is 0.524. The van der Waals surface area contributed by atoms with Crippen LogP contribution in [0.15, 0.2) is 24.4 Å². The number of aromatic nitrogens is 3. The number of amides is 2. The summed E-state index contributed by atoms with van der Waals surface area (Å²) < 4.78 is 40.4. The van der Waals surface area contributed by atoms with Gasteiger partial charge in [-0.15, -0.1) is 12.4 Å². The molecule has 0 radical (unpaired) electrons. The second-order valence-electron chi connectivity index (χ2n) is 8.34. The fourth-order valence-corrected chi connectivity index (χ4v) is 4.49. The number of halogens is 4. The summed E-state index contributed by atoms with van der Waals surface area (Å²) in [6.45, 7) is 4.04. The van der Waals surface area contributed by atoms with E-state index in [0.29, 0.717) is 6.04 Å². The number of carbonyl (C=O) groups is 2. The third-order valence-corrected chi connectivity index (χ3v) is 6.19. The standard InChI is InChI=1S/C21H26F3N7O2.ClH/c22-21(23,24)17-3-1-2-15(27-17)20(33)28-16-12-31(29-18(16)19(25)32)14-6-4-13(5-7-14)30-10-8-26-9-11-30;/h1-3,12-14,26H,4-11H2,(H2,25,32)(H,28,33);1H. The van der Waals surface area contributed by atoms with Crippen molar-refractivity contribution in [3.8, 4) is 0 Å². The molecule has 2 fully saturated rings. The van der Waals surface area contributed by atoms with Gasteiger partial charge >= 0.3 is 6.18 Å². The lowest BCUT2D eigenvalue weighted by molar-refractivity contribution is -0.141. The summed E-state index contributed by atoms with van der Waals surface area (Å²) in [4.78, 5) is 30.3. The Labute approximate surface area is 200 Å². The number of pyridine rings is 1. The minimum absolute atomic E-state index is 0. The van der Waals surface area contributed by atoms with Crippen molar-refractivity contribution in [2.24, 2.45) is 5.73 Å². The number of carbonyl (C=O) groups excluding carboxylic acids is 2. The molecule has 1 aliphatic heterocycles. The van der Waals surface area contributed by atoms with E-state index < -0.39 is 29.4 Å². The van der Waals surface area contributed by atoms with Gasteiger partial charge in [0.25, 0.3) is 11.8 Å². The van der Waals surface area contributed by atoms with Crippen molar-refractivity contribution in [1.82, 2.24) is 25.0 Å². The highest BCUT2D eigenvalue weighted by Crippen LogP contribution is 2.32. The molecule has 0 unspecified atom stereocenters. The van der Waals surface area contributed by atoms with Gasteiger partial charge in [0.05, 0.1) is 11.7 Å². The van der Waals surface area contributed by atoms with Gasteiger partial charge in [-0.3, -0.25) is 19.2 Å². The molecule has 13 heteroatoms. The van der Waals surface area contributed by atoms with E-state index in [0.717, 1.165) is 70.1 Å². The molecule has 9 nitrogen and oxygen atoms in total. The van der Waals surface area contributed by atoms with E-state index in [2.05, 4.69) is 25.6 Å². The minimum atomic E-state index is -4.68. The molecule has 2 aromatic heterocycles. The minimum Gasteiger partial charge on any atom is -0.364 e. The molecular formula is C21H27ClF3N7O2. The molecule has 3 heterocycles. The van der Waals surface area contributed by atoms with Gasteiger partial charge in [0, 0.05) is 38.4 Å². The highest BCUT2D eigenvalue weighted by molar-refractivity contribution is 6.07. The molecular weight excluding hydrogens is 475 g/mol. The summed E-state index contributed by atoms with van der Waals surface area (Å²) in [6.07, 6.45) is 0.539. The van der Waals surface area contributed by atoms with Gasteiger partial charge in [0.15, 0.2) is 5.69 Å². The molecule has 186 valence electrons. The maximum absolute atomic E-state index is 12.9. The largest absolute Gasteiger partial charge is 0.433 e. The van der Waals surface area contributed by atoms with Gasteiger partial charge in [0.1, 0.15) is 11.4 Å². The summed E-state index contributed by atoms with van der Waals surface area (Å²) >= 11 is 0. The number of primary amides is 1. The second-order valence-corrected chi connectivity index (χ2v) is 8.34. The van der Waals surface area contributed by atoms with Crippen LogP contribution in [0.5, 0.6) is 0 Å². The van der Waals surface area contributed by atoms with Crippen LogP contribution in [0.4, 0.5) is 18.9 Å². The van der Waals surface area contributed by atoms with Crippen molar-refractivity contribution in [3.63, 3.8) is 0 Å². The van der Waals surface area contributed by atoms with E-state index in [1.807, 2.05) is 0 Å². The lowest BCUT2D eigenvalue weighted by Gasteiger charge is -2.39. The lowest BCUT2D eigenvalue weighted by atomic mass is 9.90. The van der Waals surface area contributed by atoms with Crippen LogP contribution >= 0.6 is 12.4 Å². The number of hydrogen-bond acceptors (Lipinski definition) is 6. The van der Waals surface area contributed by atoms with Gasteiger partial charge in [-0.25, -0.2) is 4.98 Å². The van der Waals surface area contributed by atoms with Crippen molar-refractivity contribution in [1.29, 1.82) is 0 Å². The molecule has 1 aliphatic carbocycles. The number of nitrogens with one attached hydrogen (secondary N) is 2. The predicted molar refractivity (Wildman–Crippen MR) is 121 cm³/mol. The Kier molecular flexibility index (Phi) is 8.16. The van der Waals surface area contributed by atoms with E-state index >= 15 is 0 Å². The van der Waals surface area contributed by atoms with E-state index in [1.165, 1.54) is 6.20 Å². The Morgan fingerprint density at radius 3 is 2.35 bits per heavy atom. The zero-order valence-electron chi connectivity index (χ0n) is 18.3. The normalized spacial score (nSPS) is 21.5. The van der Waals surface area contributed by atoms with Crippen LogP contribution in [0.25, 0.3) is 0 Å². The van der Waals surface area contributed by atoms with Crippen LogP contribution in [-0.2, 0) is 6.18 Å². The van der Waals surface area contributed by atoms with Crippen molar-refractivity contribution >= 4 is 29.9 Å². The first kappa shape index (κ1) is 25.9. The highest BCUT2D eigenvalue weighted by Gasteiger charge is 2.33. The monoisotopic (exact) mass is 501 g/mol. The molecule has 2 amide bonds. The molecule has 2 aliphatic rings. The Morgan fingerprint density at radius 1 is 1.09 bits per heavy atom. The Hall–Kier alpha value is -2.70. The molecule has 1 saturated heterocycles. The van der Waals surface area contributed by atoms with E-state index in [1.54, 1.807) is 4.68 Å². The Morgan fingerprint density at radius 2 is 1.74 bits per heavy atom. The average Bonchev–Trinajstić information content (AvgIpc) is 3.23. The van der Waals surface area contributed by atoms with Crippen LogP contribution in [-0.4, -0.2) is 63.7 Å². The number of nitrogens with zero attached hydrogens (tertiary/aromatic N) is 4. The molecule has 0 aromatic carbocycles. The SMILES string of the molecule is Cl.NC(=O)c1nn(C2CCC(N3CCNCC3)CC2)cc1NC(=O)c1cccc(C(F)(F)F)n1. The fourth-order valence-electron chi connectivity index (χ4n) is 4.49. The highest BCUT2D eigenvalue weighted by atomic mass is 35.5. The zero-order chi connectivity index (χ0) is 23.6. The third kappa shape index (κ3) is 5.86. The van der Waals surface area contributed by atoms with Crippen molar-refractivity contribution in [2.75, 3.05) is 31.5 Å². The summed E-state index contributed by atoms with van der Waals surface area (Å²) in [7, 11) is 0. The molecule has 2 aromatic rings. The quantitative estimate of drug-likeness (QED) is 0.579. The topological polar surface area (TPSA) is 118 Å². The van der Waals surface area contributed by atoms with Crippen molar-refractivity contribution in [3.05, 3.63) is 41.5 Å². The van der Waals surface area contributed by atoms with Gasteiger partial charge in [-0.2, -0.15) is 18.3 Å². The van der Waals surface area contributed by atoms with Gasteiger partial charge in [0.2, 0.25) is 0 Å². The number of rotatable bonds is 5. The summed E-state index contributed by atoms with van der Waals surface area (Å²) in [5.41, 5.74) is 3.74. The summed E-state index contributed by atoms with van der Waals surface area (Å²) in [6, 6.07) is 3.59. The van der Waals surface area contributed by atoms with Crippen molar-refractivity contribution < 1.29 is 22.8 Å². The van der Waals surface area contributed by atoms with Gasteiger partial charge in [-0.1, -0.05) is 6.07 Å². The van der Waals surface area contributed by atoms with Crippen LogP contribution in [0.3, 0.4) is 0 Å². The van der Waals surface area contributed by atoms with Crippen LogP contribution in [0.1, 0.15) is 58.4 Å². The zero-order valence-corrected chi connectivity index (χ0v) is 19.2. The first-order valence-corrected chi connectivity index (χ1v) is 10.9. The number of piperazine rings is 1. The maximum atomic E-state index is 12.9. The number of hydrogen-bond donors (Lipinski definition) is 3. The first-order chi connectivity index (χ1) is 15.7. The molecule has 1 saturated carbocycles. The molecule has 34 heavy (non-hydrogen) atoms. The lowest BCUT2D eigenvalue weighted by Crippen LogP contribution is -2.49. The number of anilines is 1. The molecule has 4 rings (SSSR count). The summed E-state index contributed by atoms with van der Waals surface area (Å²) in [5.74, 6) is -1.72. The average molecular weight is 502 g/mol. The van der Waals surface area contributed by atoms with Crippen molar-refractivity contribution in [2.45, 2.75) is 43.9 Å². The second kappa shape index (κ2) is 10.7.